The van der Waals surface area contributed by atoms with Gasteiger partial charge in [0.25, 0.3) is 0 Å². The highest BCUT2D eigenvalue weighted by molar-refractivity contribution is 5.90. The summed E-state index contributed by atoms with van der Waals surface area (Å²) >= 11 is 0. The summed E-state index contributed by atoms with van der Waals surface area (Å²) in [6, 6.07) is 20.3. The molecular weight excluding hydrogens is 272 g/mol. The van der Waals surface area contributed by atoms with Gasteiger partial charge in [-0.3, -0.25) is 0 Å². The standard InChI is InChI=1S/C18H12N4/c1-2-6-12-11(5-1)9-15(19-12)16-10-17-18(22-16)21-14-8-4-3-7-13(14)20-17/h1-10,19H,(H,21,22). The third kappa shape index (κ3) is 1.64. The van der Waals surface area contributed by atoms with Gasteiger partial charge in [-0.05, 0) is 30.3 Å². The van der Waals surface area contributed by atoms with E-state index in [2.05, 4.69) is 38.1 Å². The SMILES string of the molecule is c1ccc2[nH]c(-c3cc4nc5ccccc5nc4[nH]3)cc2c1. The third-order valence-corrected chi connectivity index (χ3v) is 3.95. The summed E-state index contributed by atoms with van der Waals surface area (Å²) in [5.41, 5.74) is 6.69. The first kappa shape index (κ1) is 11.5. The molecule has 0 aliphatic rings. The van der Waals surface area contributed by atoms with Gasteiger partial charge in [0.1, 0.15) is 5.52 Å². The second-order valence-electron chi connectivity index (χ2n) is 5.40. The maximum absolute atomic E-state index is 4.67. The molecule has 0 aliphatic carbocycles. The molecule has 3 heterocycles. The topological polar surface area (TPSA) is 57.4 Å². The lowest BCUT2D eigenvalue weighted by atomic mass is 10.2. The lowest BCUT2D eigenvalue weighted by molar-refractivity contribution is 1.32. The van der Waals surface area contributed by atoms with Crippen LogP contribution >= 0.6 is 0 Å². The smallest absolute Gasteiger partial charge is 0.157 e. The molecule has 3 aromatic heterocycles. The highest BCUT2D eigenvalue weighted by Gasteiger charge is 2.09. The predicted molar refractivity (Wildman–Crippen MR) is 88.7 cm³/mol. The number of aromatic nitrogens is 4. The Bertz CT molecular complexity index is 1050. The average Bonchev–Trinajstić information content (AvgIpc) is 3.15. The van der Waals surface area contributed by atoms with Gasteiger partial charge in [0, 0.05) is 10.9 Å². The Morgan fingerprint density at radius 2 is 1.36 bits per heavy atom. The minimum Gasteiger partial charge on any atom is -0.353 e. The van der Waals surface area contributed by atoms with Crippen LogP contribution in [0.4, 0.5) is 0 Å². The summed E-state index contributed by atoms with van der Waals surface area (Å²) in [4.78, 5) is 16.1. The summed E-state index contributed by atoms with van der Waals surface area (Å²) in [5, 5.41) is 1.20. The molecule has 22 heavy (non-hydrogen) atoms. The quantitative estimate of drug-likeness (QED) is 0.483. The zero-order valence-corrected chi connectivity index (χ0v) is 11.7. The number of nitrogens with one attached hydrogen (secondary N) is 2. The minimum atomic E-state index is 0.812. The van der Waals surface area contributed by atoms with Crippen LogP contribution in [-0.4, -0.2) is 19.9 Å². The van der Waals surface area contributed by atoms with Gasteiger partial charge in [-0.1, -0.05) is 30.3 Å². The highest BCUT2D eigenvalue weighted by Crippen LogP contribution is 2.26. The van der Waals surface area contributed by atoms with Crippen molar-refractivity contribution in [2.24, 2.45) is 0 Å². The van der Waals surface area contributed by atoms with Crippen molar-refractivity contribution in [2.45, 2.75) is 0 Å². The largest absolute Gasteiger partial charge is 0.353 e. The maximum Gasteiger partial charge on any atom is 0.157 e. The van der Waals surface area contributed by atoms with Gasteiger partial charge >= 0.3 is 0 Å². The summed E-state index contributed by atoms with van der Waals surface area (Å²) in [5.74, 6) is 0. The fourth-order valence-electron chi connectivity index (χ4n) is 2.87. The fraction of sp³-hybridized carbons (Fsp3) is 0. The van der Waals surface area contributed by atoms with Gasteiger partial charge in [0.05, 0.1) is 22.4 Å². The van der Waals surface area contributed by atoms with E-state index in [0.717, 1.165) is 39.1 Å². The summed E-state index contributed by atoms with van der Waals surface area (Å²) < 4.78 is 0. The number of hydrogen-bond acceptors (Lipinski definition) is 2. The molecule has 0 spiro atoms. The molecule has 0 fully saturated rings. The highest BCUT2D eigenvalue weighted by atomic mass is 14.9. The fourth-order valence-corrected chi connectivity index (χ4v) is 2.87. The van der Waals surface area contributed by atoms with Crippen molar-refractivity contribution < 1.29 is 0 Å². The molecule has 5 aromatic rings. The van der Waals surface area contributed by atoms with Crippen LogP contribution in [0.5, 0.6) is 0 Å². The van der Waals surface area contributed by atoms with E-state index in [1.54, 1.807) is 0 Å². The summed E-state index contributed by atoms with van der Waals surface area (Å²) in [7, 11) is 0. The molecule has 0 atom stereocenters. The van der Waals surface area contributed by atoms with Crippen LogP contribution in [0.25, 0.3) is 44.5 Å². The summed E-state index contributed by atoms with van der Waals surface area (Å²) in [6.07, 6.45) is 0. The zero-order valence-electron chi connectivity index (χ0n) is 11.7. The molecule has 5 rings (SSSR count). The monoisotopic (exact) mass is 284 g/mol. The van der Waals surface area contributed by atoms with Gasteiger partial charge in [-0.2, -0.15) is 0 Å². The zero-order chi connectivity index (χ0) is 14.5. The molecule has 0 amide bonds. The minimum absolute atomic E-state index is 0.812. The number of H-pyrrole nitrogens is 2. The second kappa shape index (κ2) is 4.18. The van der Waals surface area contributed by atoms with Crippen molar-refractivity contribution in [3.05, 3.63) is 60.7 Å². The van der Waals surface area contributed by atoms with Crippen LogP contribution in [0, 0.1) is 0 Å². The predicted octanol–water partition coefficient (Wildman–Crippen LogP) is 4.26. The van der Waals surface area contributed by atoms with E-state index in [9.17, 15) is 0 Å². The molecular formula is C18H12N4. The number of nitrogens with zero attached hydrogens (tertiary/aromatic N) is 2. The van der Waals surface area contributed by atoms with Crippen LogP contribution in [-0.2, 0) is 0 Å². The Morgan fingerprint density at radius 3 is 2.23 bits per heavy atom. The van der Waals surface area contributed by atoms with Crippen molar-refractivity contribution >= 4 is 33.1 Å². The van der Waals surface area contributed by atoms with E-state index in [-0.39, 0.29) is 0 Å². The number of rotatable bonds is 1. The van der Waals surface area contributed by atoms with Crippen LogP contribution in [0.2, 0.25) is 0 Å². The van der Waals surface area contributed by atoms with Crippen molar-refractivity contribution in [1.29, 1.82) is 0 Å². The molecule has 0 saturated carbocycles. The van der Waals surface area contributed by atoms with E-state index < -0.39 is 0 Å². The first-order valence-corrected chi connectivity index (χ1v) is 7.20. The third-order valence-electron chi connectivity index (χ3n) is 3.95. The first-order valence-electron chi connectivity index (χ1n) is 7.20. The van der Waals surface area contributed by atoms with Gasteiger partial charge in [-0.25, -0.2) is 9.97 Å². The Balaban J connectivity index is 1.75. The molecule has 0 aliphatic heterocycles. The lowest BCUT2D eigenvalue weighted by Crippen LogP contribution is -1.84. The Hall–Kier alpha value is -3.14. The van der Waals surface area contributed by atoms with Gasteiger partial charge in [-0.15, -0.1) is 0 Å². The van der Waals surface area contributed by atoms with E-state index in [1.165, 1.54) is 5.39 Å². The molecule has 0 bridgehead atoms. The molecule has 0 saturated heterocycles. The van der Waals surface area contributed by atoms with Crippen LogP contribution in [0.15, 0.2) is 60.7 Å². The van der Waals surface area contributed by atoms with Crippen LogP contribution in [0.1, 0.15) is 0 Å². The van der Waals surface area contributed by atoms with Gasteiger partial charge in [0.2, 0.25) is 0 Å². The van der Waals surface area contributed by atoms with E-state index in [0.29, 0.717) is 0 Å². The number of hydrogen-bond donors (Lipinski definition) is 2. The molecule has 0 radical (unpaired) electrons. The number of para-hydroxylation sites is 3. The van der Waals surface area contributed by atoms with Crippen molar-refractivity contribution in [2.75, 3.05) is 0 Å². The molecule has 4 nitrogen and oxygen atoms in total. The van der Waals surface area contributed by atoms with E-state index >= 15 is 0 Å². The average molecular weight is 284 g/mol. The van der Waals surface area contributed by atoms with Crippen molar-refractivity contribution in [3.63, 3.8) is 0 Å². The summed E-state index contributed by atoms with van der Waals surface area (Å²) in [6.45, 7) is 0. The Morgan fingerprint density at radius 1 is 0.636 bits per heavy atom. The maximum atomic E-state index is 4.67. The Labute approximate surface area is 125 Å². The van der Waals surface area contributed by atoms with E-state index in [4.69, 9.17) is 0 Å². The second-order valence-corrected chi connectivity index (χ2v) is 5.40. The first-order chi connectivity index (χ1) is 10.9. The molecule has 0 unspecified atom stereocenters. The molecule has 4 heteroatoms. The number of benzene rings is 2. The molecule has 104 valence electrons. The molecule has 2 N–H and O–H groups in total. The molecule has 2 aromatic carbocycles. The van der Waals surface area contributed by atoms with Crippen LogP contribution < -0.4 is 0 Å². The van der Waals surface area contributed by atoms with Crippen LogP contribution in [0.3, 0.4) is 0 Å². The van der Waals surface area contributed by atoms with Gasteiger partial charge in [0.15, 0.2) is 5.65 Å². The van der Waals surface area contributed by atoms with E-state index in [1.807, 2.05) is 42.5 Å². The number of aromatic amines is 2. The van der Waals surface area contributed by atoms with Crippen molar-refractivity contribution in [1.82, 2.24) is 19.9 Å². The Kier molecular flexibility index (Phi) is 2.19. The lowest BCUT2D eigenvalue weighted by Gasteiger charge is -1.95. The number of fused-ring (bicyclic) bond motifs is 3. The van der Waals surface area contributed by atoms with Crippen molar-refractivity contribution in [3.8, 4) is 11.4 Å². The normalized spacial score (nSPS) is 11.6. The van der Waals surface area contributed by atoms with Gasteiger partial charge < -0.3 is 9.97 Å².